The molecule has 8 heteroatoms. The average molecular weight is 464 g/mol. The summed E-state index contributed by atoms with van der Waals surface area (Å²) in [6.45, 7) is 0. The molecule has 6 nitrogen and oxygen atoms in total. The van der Waals surface area contributed by atoms with E-state index in [9.17, 15) is 14.9 Å². The fourth-order valence-electron chi connectivity index (χ4n) is 1.56. The molecule has 0 bridgehead atoms. The molecule has 0 aliphatic rings. The van der Waals surface area contributed by atoms with Gasteiger partial charge in [-0.25, -0.2) is 4.79 Å². The first-order valence-electron chi connectivity index (χ1n) is 5.53. The lowest BCUT2D eigenvalue weighted by molar-refractivity contribution is -0.385. The van der Waals surface area contributed by atoms with Gasteiger partial charge in [0.2, 0.25) is 0 Å². The van der Waals surface area contributed by atoms with Gasteiger partial charge < -0.3 is 9.84 Å². The summed E-state index contributed by atoms with van der Waals surface area (Å²) in [6, 6.07) is 8.63. The molecule has 108 valence electrons. The van der Waals surface area contributed by atoms with E-state index in [2.05, 4.69) is 15.9 Å². The zero-order chi connectivity index (χ0) is 15.6. The first-order valence-corrected chi connectivity index (χ1v) is 7.40. The molecule has 0 amide bonds. The molecule has 0 fully saturated rings. The number of hydrogen-bond donors (Lipinski definition) is 1. The maximum absolute atomic E-state index is 11.2. The van der Waals surface area contributed by atoms with Crippen LogP contribution in [-0.4, -0.2) is 16.0 Å². The number of carboxylic acid groups (broad SMARTS) is 1. The highest BCUT2D eigenvalue weighted by Crippen LogP contribution is 2.33. The number of nitro benzene ring substituents is 1. The number of non-ortho nitro benzene ring substituents is 1. The predicted octanol–water partition coefficient (Wildman–Crippen LogP) is 4.45. The zero-order valence-electron chi connectivity index (χ0n) is 10.2. The maximum Gasteiger partial charge on any atom is 0.339 e. The Bertz CT molecular complexity index is 734. The van der Waals surface area contributed by atoms with E-state index in [1.54, 1.807) is 6.07 Å². The molecule has 0 aliphatic heterocycles. The molecule has 0 heterocycles. The molecule has 2 rings (SSSR count). The van der Waals surface area contributed by atoms with Gasteiger partial charge in [0, 0.05) is 16.6 Å². The molecule has 0 saturated carbocycles. The van der Waals surface area contributed by atoms with Crippen molar-refractivity contribution in [3.8, 4) is 11.5 Å². The van der Waals surface area contributed by atoms with E-state index in [0.29, 0.717) is 13.8 Å². The largest absolute Gasteiger partial charge is 0.478 e. The second kappa shape index (κ2) is 6.39. The molecule has 0 atom stereocenters. The molecular formula is C13H7BrINO5. The van der Waals surface area contributed by atoms with Gasteiger partial charge in [0.15, 0.2) is 0 Å². The van der Waals surface area contributed by atoms with E-state index in [1.807, 2.05) is 22.6 Å². The minimum Gasteiger partial charge on any atom is -0.478 e. The highest BCUT2D eigenvalue weighted by atomic mass is 127. The van der Waals surface area contributed by atoms with Crippen LogP contribution in [-0.2, 0) is 0 Å². The Morgan fingerprint density at radius 2 is 1.95 bits per heavy atom. The van der Waals surface area contributed by atoms with Crippen molar-refractivity contribution in [3.63, 3.8) is 0 Å². The van der Waals surface area contributed by atoms with Crippen molar-refractivity contribution in [2.45, 2.75) is 0 Å². The number of halogens is 2. The van der Waals surface area contributed by atoms with Crippen LogP contribution in [0.2, 0.25) is 0 Å². The minimum atomic E-state index is -1.12. The van der Waals surface area contributed by atoms with Gasteiger partial charge in [-0.15, -0.1) is 0 Å². The molecule has 0 aliphatic carbocycles. The highest BCUT2D eigenvalue weighted by Gasteiger charge is 2.15. The van der Waals surface area contributed by atoms with Crippen LogP contribution in [0, 0.1) is 13.7 Å². The van der Waals surface area contributed by atoms with Gasteiger partial charge in [0.25, 0.3) is 5.69 Å². The van der Waals surface area contributed by atoms with Crippen molar-refractivity contribution in [1.29, 1.82) is 0 Å². The van der Waals surface area contributed by atoms with Gasteiger partial charge >= 0.3 is 5.97 Å². The van der Waals surface area contributed by atoms with Gasteiger partial charge in [-0.05, 0) is 46.9 Å². The second-order valence-corrected chi connectivity index (χ2v) is 6.00. The van der Waals surface area contributed by atoms with Crippen LogP contribution in [0.3, 0.4) is 0 Å². The molecule has 0 radical (unpaired) electrons. The van der Waals surface area contributed by atoms with E-state index in [-0.39, 0.29) is 17.0 Å². The number of carboxylic acids is 1. The quantitative estimate of drug-likeness (QED) is 0.411. The van der Waals surface area contributed by atoms with Gasteiger partial charge in [-0.1, -0.05) is 15.9 Å². The Labute approximate surface area is 141 Å². The van der Waals surface area contributed by atoms with E-state index in [4.69, 9.17) is 9.84 Å². The number of hydrogen-bond acceptors (Lipinski definition) is 4. The van der Waals surface area contributed by atoms with Crippen LogP contribution in [0.15, 0.2) is 40.9 Å². The fraction of sp³-hybridized carbons (Fsp3) is 0. The van der Waals surface area contributed by atoms with Crippen molar-refractivity contribution in [3.05, 3.63) is 60.1 Å². The monoisotopic (exact) mass is 463 g/mol. The number of nitrogens with zero attached hydrogens (tertiary/aromatic N) is 1. The summed E-state index contributed by atoms with van der Waals surface area (Å²) in [6.07, 6.45) is 0. The van der Waals surface area contributed by atoms with Crippen LogP contribution in [0.25, 0.3) is 0 Å². The average Bonchev–Trinajstić information content (AvgIpc) is 2.40. The summed E-state index contributed by atoms with van der Waals surface area (Å²) in [5.74, 6) is -0.611. The van der Waals surface area contributed by atoms with Crippen molar-refractivity contribution in [2.75, 3.05) is 0 Å². The fourth-order valence-corrected chi connectivity index (χ4v) is 2.51. The molecule has 2 aromatic carbocycles. The Hall–Kier alpha value is -1.68. The lowest BCUT2D eigenvalue weighted by atomic mass is 10.2. The van der Waals surface area contributed by atoms with E-state index >= 15 is 0 Å². The van der Waals surface area contributed by atoms with E-state index in [0.717, 1.165) is 0 Å². The van der Waals surface area contributed by atoms with Crippen molar-refractivity contribution >= 4 is 50.2 Å². The number of nitro groups is 1. The van der Waals surface area contributed by atoms with Gasteiger partial charge in [-0.2, -0.15) is 0 Å². The first-order chi connectivity index (χ1) is 9.88. The van der Waals surface area contributed by atoms with E-state index in [1.165, 1.54) is 30.3 Å². The lowest BCUT2D eigenvalue weighted by Crippen LogP contribution is -2.00. The molecule has 0 saturated heterocycles. The summed E-state index contributed by atoms with van der Waals surface area (Å²) in [5, 5.41) is 19.8. The van der Waals surface area contributed by atoms with Crippen molar-refractivity contribution < 1.29 is 19.6 Å². The number of aromatic carboxylic acids is 1. The molecule has 2 aromatic rings. The third-order valence-electron chi connectivity index (χ3n) is 2.52. The highest BCUT2D eigenvalue weighted by molar-refractivity contribution is 14.1. The van der Waals surface area contributed by atoms with Crippen molar-refractivity contribution in [2.24, 2.45) is 0 Å². The number of benzene rings is 2. The SMILES string of the molecule is O=C(O)c1ccc(Br)cc1Oc1ccc([N+](=O)[O-])cc1I. The Kier molecular flexibility index (Phi) is 4.78. The number of rotatable bonds is 4. The summed E-state index contributed by atoms with van der Waals surface area (Å²) >= 11 is 5.14. The summed E-state index contributed by atoms with van der Waals surface area (Å²) in [7, 11) is 0. The normalized spacial score (nSPS) is 10.2. The zero-order valence-corrected chi connectivity index (χ0v) is 14.0. The molecule has 21 heavy (non-hydrogen) atoms. The molecule has 1 N–H and O–H groups in total. The van der Waals surface area contributed by atoms with Gasteiger partial charge in [0.1, 0.15) is 17.1 Å². The molecular weight excluding hydrogens is 457 g/mol. The second-order valence-electron chi connectivity index (χ2n) is 3.92. The Morgan fingerprint density at radius 1 is 1.24 bits per heavy atom. The molecule has 0 unspecified atom stereocenters. The van der Waals surface area contributed by atoms with Crippen LogP contribution in [0.4, 0.5) is 5.69 Å². The minimum absolute atomic E-state index is 0.00681. The maximum atomic E-state index is 11.2. The van der Waals surface area contributed by atoms with Crippen LogP contribution in [0.1, 0.15) is 10.4 Å². The molecule has 0 spiro atoms. The van der Waals surface area contributed by atoms with Crippen LogP contribution in [0.5, 0.6) is 11.5 Å². The third-order valence-corrected chi connectivity index (χ3v) is 3.86. The van der Waals surface area contributed by atoms with E-state index < -0.39 is 10.9 Å². The van der Waals surface area contributed by atoms with Gasteiger partial charge in [-0.3, -0.25) is 10.1 Å². The standard InChI is InChI=1S/C13H7BrINO5/c14-7-1-3-9(13(17)18)12(5-7)21-11-4-2-8(16(19)20)6-10(11)15/h1-6H,(H,17,18). The topological polar surface area (TPSA) is 89.7 Å². The molecule has 0 aromatic heterocycles. The third kappa shape index (κ3) is 3.70. The predicted molar refractivity (Wildman–Crippen MR) is 87.0 cm³/mol. The lowest BCUT2D eigenvalue weighted by Gasteiger charge is -2.10. The first kappa shape index (κ1) is 15.7. The Morgan fingerprint density at radius 3 is 2.52 bits per heavy atom. The summed E-state index contributed by atoms with van der Waals surface area (Å²) in [5.41, 5.74) is -0.0493. The summed E-state index contributed by atoms with van der Waals surface area (Å²) < 4.78 is 6.75. The smallest absolute Gasteiger partial charge is 0.339 e. The van der Waals surface area contributed by atoms with Crippen molar-refractivity contribution in [1.82, 2.24) is 0 Å². The van der Waals surface area contributed by atoms with Gasteiger partial charge in [0.05, 0.1) is 8.49 Å². The Balaban J connectivity index is 2.40. The summed E-state index contributed by atoms with van der Waals surface area (Å²) in [4.78, 5) is 21.3. The van der Waals surface area contributed by atoms with Crippen LogP contribution >= 0.6 is 38.5 Å². The van der Waals surface area contributed by atoms with Crippen LogP contribution < -0.4 is 4.74 Å². The number of ether oxygens (including phenoxy) is 1. The number of carbonyl (C=O) groups is 1.